The summed E-state index contributed by atoms with van der Waals surface area (Å²) in [5.41, 5.74) is 2.95. The zero-order valence-corrected chi connectivity index (χ0v) is 14.2. The Hall–Kier alpha value is -3.09. The summed E-state index contributed by atoms with van der Waals surface area (Å²) in [6.45, 7) is 1.78. The quantitative estimate of drug-likeness (QED) is 0.229. The number of aryl methyl sites for hydroxylation is 3. The molecular formula is C17H20N7+. The summed E-state index contributed by atoms with van der Waals surface area (Å²) in [5, 5.41) is 16.8. The van der Waals surface area contributed by atoms with Gasteiger partial charge in [-0.15, -0.1) is 10.2 Å². The Balaban J connectivity index is 1.95. The molecule has 0 saturated carbocycles. The number of nitrogens with zero attached hydrogens (tertiary/aromatic N) is 7. The average molecular weight is 322 g/mol. The molecule has 0 spiro atoms. The fraction of sp³-hybridized carbons (Fsp3) is 0.235. The summed E-state index contributed by atoms with van der Waals surface area (Å²) in [6, 6.07) is 13.9. The Labute approximate surface area is 139 Å². The van der Waals surface area contributed by atoms with Gasteiger partial charge in [-0.3, -0.25) is 0 Å². The van der Waals surface area contributed by atoms with Crippen LogP contribution in [-0.2, 0) is 21.1 Å². The van der Waals surface area contributed by atoms with E-state index in [1.54, 1.807) is 6.92 Å². The summed E-state index contributed by atoms with van der Waals surface area (Å²) in [4.78, 5) is 0. The van der Waals surface area contributed by atoms with Crippen molar-refractivity contribution >= 4 is 22.7 Å². The van der Waals surface area contributed by atoms with Gasteiger partial charge in [-0.25, -0.2) is 4.57 Å². The van der Waals surface area contributed by atoms with Gasteiger partial charge in [0.1, 0.15) is 0 Å². The van der Waals surface area contributed by atoms with Gasteiger partial charge in [-0.05, 0) is 23.3 Å². The van der Waals surface area contributed by atoms with Crippen molar-refractivity contribution in [3.05, 3.63) is 54.3 Å². The molecule has 2 aromatic heterocycles. The molecule has 0 atom stereocenters. The third kappa shape index (κ3) is 3.01. The highest BCUT2D eigenvalue weighted by Gasteiger charge is 2.06. The van der Waals surface area contributed by atoms with E-state index in [1.165, 1.54) is 0 Å². The number of azo groups is 1. The number of pyridine rings is 1. The largest absolute Gasteiger partial charge is 0.350 e. The zero-order chi connectivity index (χ0) is 17.1. The highest BCUT2D eigenvalue weighted by molar-refractivity contribution is 5.79. The average Bonchev–Trinajstić information content (AvgIpc) is 2.84. The second-order valence-electron chi connectivity index (χ2n) is 5.52. The lowest BCUT2D eigenvalue weighted by Crippen LogP contribution is -2.26. The molecule has 0 fully saturated rings. The Kier molecular flexibility index (Phi) is 4.33. The first-order chi connectivity index (χ1) is 11.6. The minimum Gasteiger partial charge on any atom is -0.312 e. The number of para-hydroxylation sites is 2. The van der Waals surface area contributed by atoms with Gasteiger partial charge in [0.25, 0.3) is 0 Å². The van der Waals surface area contributed by atoms with Crippen molar-refractivity contribution < 1.29 is 4.57 Å². The van der Waals surface area contributed by atoms with Crippen LogP contribution >= 0.6 is 0 Å². The van der Waals surface area contributed by atoms with Gasteiger partial charge < -0.3 is 9.13 Å². The summed E-state index contributed by atoms with van der Waals surface area (Å²) in [5.74, 6) is 1.24. The Morgan fingerprint density at radius 2 is 1.58 bits per heavy atom. The first kappa shape index (κ1) is 15.8. The molecule has 0 aliphatic rings. The van der Waals surface area contributed by atoms with Crippen LogP contribution in [0.4, 0.5) is 5.82 Å². The molecule has 0 N–H and O–H groups in total. The molecule has 1 aromatic carbocycles. The third-order valence-electron chi connectivity index (χ3n) is 3.81. The van der Waals surface area contributed by atoms with E-state index in [9.17, 15) is 0 Å². The van der Waals surface area contributed by atoms with Crippen LogP contribution in [0.2, 0.25) is 0 Å². The van der Waals surface area contributed by atoms with E-state index >= 15 is 0 Å². The molecule has 3 rings (SSSR count). The van der Waals surface area contributed by atoms with E-state index in [-0.39, 0.29) is 0 Å². The summed E-state index contributed by atoms with van der Waals surface area (Å²) < 4.78 is 5.89. The molecule has 0 amide bonds. The number of benzene rings is 1. The number of amidine groups is 1. The van der Waals surface area contributed by atoms with Crippen molar-refractivity contribution in [2.24, 2.45) is 41.6 Å². The molecule has 122 valence electrons. The van der Waals surface area contributed by atoms with E-state index < -0.39 is 0 Å². The van der Waals surface area contributed by atoms with Crippen LogP contribution in [0.3, 0.4) is 0 Å². The van der Waals surface area contributed by atoms with E-state index in [0.29, 0.717) is 5.84 Å². The number of fused-ring (bicyclic) bond motifs is 1. The number of rotatable bonds is 2. The van der Waals surface area contributed by atoms with Gasteiger partial charge in [0, 0.05) is 27.1 Å². The van der Waals surface area contributed by atoms with Crippen LogP contribution in [0.25, 0.3) is 11.0 Å². The van der Waals surface area contributed by atoms with Gasteiger partial charge in [-0.1, -0.05) is 18.2 Å². The summed E-state index contributed by atoms with van der Waals surface area (Å²) in [7, 11) is 5.86. The molecule has 0 unspecified atom stereocenters. The van der Waals surface area contributed by atoms with Crippen molar-refractivity contribution in [2.75, 3.05) is 0 Å². The zero-order valence-electron chi connectivity index (χ0n) is 14.2. The van der Waals surface area contributed by atoms with Gasteiger partial charge in [0.2, 0.25) is 5.62 Å². The smallest absolute Gasteiger partial charge is 0.312 e. The van der Waals surface area contributed by atoms with E-state index in [1.807, 2.05) is 71.4 Å². The maximum atomic E-state index is 4.33. The van der Waals surface area contributed by atoms with Crippen molar-refractivity contribution in [2.45, 2.75) is 6.92 Å². The minimum absolute atomic E-state index is 0.490. The maximum absolute atomic E-state index is 4.33. The van der Waals surface area contributed by atoms with Gasteiger partial charge in [0.05, 0.1) is 29.4 Å². The number of imidazole rings is 1. The predicted octanol–water partition coefficient (Wildman–Crippen LogP) is 2.36. The molecular weight excluding hydrogens is 302 g/mol. The molecule has 0 radical (unpaired) electrons. The summed E-state index contributed by atoms with van der Waals surface area (Å²) >= 11 is 0. The number of hydrogen-bond donors (Lipinski definition) is 0. The molecule has 7 heteroatoms. The van der Waals surface area contributed by atoms with Crippen LogP contribution in [-0.4, -0.2) is 15.0 Å². The number of aromatic nitrogens is 3. The summed E-state index contributed by atoms with van der Waals surface area (Å²) in [6.07, 6.45) is 1.92. The van der Waals surface area contributed by atoms with Crippen LogP contribution in [0.15, 0.2) is 69.1 Å². The third-order valence-corrected chi connectivity index (χ3v) is 3.81. The van der Waals surface area contributed by atoms with Crippen molar-refractivity contribution in [3.8, 4) is 0 Å². The Bertz CT molecular complexity index is 963. The monoisotopic (exact) mass is 322 g/mol. The molecule has 24 heavy (non-hydrogen) atoms. The first-order valence-electron chi connectivity index (χ1n) is 7.63. The van der Waals surface area contributed by atoms with E-state index in [4.69, 9.17) is 0 Å². The Morgan fingerprint density at radius 3 is 2.21 bits per heavy atom. The van der Waals surface area contributed by atoms with E-state index in [0.717, 1.165) is 22.5 Å². The molecule has 3 aromatic rings. The predicted molar refractivity (Wildman–Crippen MR) is 92.7 cm³/mol. The molecule has 2 heterocycles. The standard InChI is InChI=1S/C17H20N7/c1-13(18-20-16-11-7-8-12-22(16)2)19-21-17-23(3)14-9-5-6-10-15(14)24(17)4/h5-12H,1-4H3/q+1. The van der Waals surface area contributed by atoms with Gasteiger partial charge in [0.15, 0.2) is 5.84 Å². The van der Waals surface area contributed by atoms with Crippen LogP contribution in [0.5, 0.6) is 0 Å². The van der Waals surface area contributed by atoms with Crippen molar-refractivity contribution in [1.29, 1.82) is 0 Å². The fourth-order valence-corrected chi connectivity index (χ4v) is 2.48. The highest BCUT2D eigenvalue weighted by Crippen LogP contribution is 2.09. The first-order valence-corrected chi connectivity index (χ1v) is 7.63. The topological polar surface area (TPSA) is 63.2 Å². The molecule has 0 bridgehead atoms. The van der Waals surface area contributed by atoms with Gasteiger partial charge in [-0.2, -0.15) is 0 Å². The second kappa shape index (κ2) is 6.57. The molecule has 0 aliphatic carbocycles. The highest BCUT2D eigenvalue weighted by atomic mass is 15.3. The van der Waals surface area contributed by atoms with Crippen LogP contribution < -0.4 is 10.2 Å². The SMILES string of the molecule is C/C(N=Nc1cccc[n+]1C)=N/N=c1n(C)c2ccccc2n1C. The normalized spacial score (nSPS) is 12.2. The van der Waals surface area contributed by atoms with Gasteiger partial charge >= 0.3 is 5.82 Å². The van der Waals surface area contributed by atoms with Crippen LogP contribution in [0.1, 0.15) is 6.92 Å². The second-order valence-corrected chi connectivity index (χ2v) is 5.52. The lowest BCUT2D eigenvalue weighted by atomic mass is 10.3. The van der Waals surface area contributed by atoms with Crippen molar-refractivity contribution in [3.63, 3.8) is 0 Å². The number of hydrogen-bond acceptors (Lipinski definition) is 3. The van der Waals surface area contributed by atoms with Crippen LogP contribution in [0, 0.1) is 0 Å². The lowest BCUT2D eigenvalue weighted by molar-refractivity contribution is -0.658. The fourth-order valence-electron chi connectivity index (χ4n) is 2.48. The molecule has 0 aliphatic heterocycles. The van der Waals surface area contributed by atoms with E-state index in [2.05, 4.69) is 32.6 Å². The molecule has 0 saturated heterocycles. The molecule has 7 nitrogen and oxygen atoms in total. The Morgan fingerprint density at radius 1 is 0.958 bits per heavy atom. The lowest BCUT2D eigenvalue weighted by Gasteiger charge is -1.92. The van der Waals surface area contributed by atoms with Crippen molar-refractivity contribution in [1.82, 2.24) is 9.13 Å². The maximum Gasteiger partial charge on any atom is 0.350 e. The minimum atomic E-state index is 0.490.